The summed E-state index contributed by atoms with van der Waals surface area (Å²) in [5, 5.41) is 13.5. The van der Waals surface area contributed by atoms with Gasteiger partial charge in [0.2, 0.25) is 0 Å². The fourth-order valence-electron chi connectivity index (χ4n) is 1.98. The number of amides is 1. The van der Waals surface area contributed by atoms with Gasteiger partial charge in [0.05, 0.1) is 17.2 Å². The Hall–Kier alpha value is -2.89. The second-order valence-electron chi connectivity index (χ2n) is 4.96. The fourth-order valence-corrected chi connectivity index (χ4v) is 1.98. The van der Waals surface area contributed by atoms with E-state index >= 15 is 0 Å². The molecular weight excluding hydrogens is 296 g/mol. The number of nitro groups is 1. The Morgan fingerprint density at radius 2 is 2.00 bits per heavy atom. The predicted octanol–water partition coefficient (Wildman–Crippen LogP) is 4.03. The second-order valence-corrected chi connectivity index (χ2v) is 4.96. The summed E-state index contributed by atoms with van der Waals surface area (Å²) in [6, 6.07) is 12.7. The molecule has 1 amide bonds. The topological polar surface area (TPSA) is 81.5 Å². The van der Waals surface area contributed by atoms with Gasteiger partial charge < -0.3 is 10.1 Å². The normalized spacial score (nSPS) is 10.1. The van der Waals surface area contributed by atoms with Crippen molar-refractivity contribution in [1.82, 2.24) is 0 Å². The van der Waals surface area contributed by atoms with Crippen molar-refractivity contribution in [3.63, 3.8) is 0 Å². The summed E-state index contributed by atoms with van der Waals surface area (Å²) in [4.78, 5) is 22.5. The van der Waals surface area contributed by atoms with Crippen LogP contribution < -0.4 is 10.1 Å². The molecule has 0 unspecified atom stereocenters. The maximum Gasteiger partial charge on any atom is 0.270 e. The van der Waals surface area contributed by atoms with Crippen LogP contribution in [0.15, 0.2) is 48.5 Å². The van der Waals surface area contributed by atoms with E-state index in [0.29, 0.717) is 18.0 Å². The van der Waals surface area contributed by atoms with Gasteiger partial charge in [0.15, 0.2) is 0 Å². The molecule has 1 N–H and O–H groups in total. The van der Waals surface area contributed by atoms with Crippen LogP contribution in [0.3, 0.4) is 0 Å². The van der Waals surface area contributed by atoms with Gasteiger partial charge in [-0.15, -0.1) is 0 Å². The summed E-state index contributed by atoms with van der Waals surface area (Å²) in [7, 11) is 0. The number of unbranched alkanes of at least 4 members (excludes halogenated alkanes) is 1. The zero-order valence-electron chi connectivity index (χ0n) is 12.8. The lowest BCUT2D eigenvalue weighted by Gasteiger charge is -2.12. The number of nitro benzene ring substituents is 1. The number of para-hydroxylation sites is 2. The van der Waals surface area contributed by atoms with Crippen LogP contribution in [-0.4, -0.2) is 17.4 Å². The average molecular weight is 314 g/mol. The number of carbonyl (C=O) groups excluding carboxylic acids is 1. The monoisotopic (exact) mass is 314 g/mol. The van der Waals surface area contributed by atoms with Gasteiger partial charge in [0.1, 0.15) is 5.75 Å². The molecule has 120 valence electrons. The molecule has 23 heavy (non-hydrogen) atoms. The average Bonchev–Trinajstić information content (AvgIpc) is 2.56. The lowest BCUT2D eigenvalue weighted by atomic mass is 10.2. The Kier molecular flexibility index (Phi) is 5.68. The van der Waals surface area contributed by atoms with E-state index in [4.69, 9.17) is 4.74 Å². The molecule has 2 aromatic carbocycles. The molecule has 6 nitrogen and oxygen atoms in total. The number of ether oxygens (including phenoxy) is 1. The molecule has 0 fully saturated rings. The Balaban J connectivity index is 2.14. The minimum atomic E-state index is -0.529. The van der Waals surface area contributed by atoms with Crippen LogP contribution in [-0.2, 0) is 0 Å². The summed E-state index contributed by atoms with van der Waals surface area (Å²) < 4.78 is 5.65. The van der Waals surface area contributed by atoms with E-state index in [0.717, 1.165) is 12.8 Å². The van der Waals surface area contributed by atoms with Crippen LogP contribution in [0.4, 0.5) is 11.4 Å². The first-order chi connectivity index (χ1) is 11.1. The van der Waals surface area contributed by atoms with Crippen LogP contribution in [0.1, 0.15) is 30.1 Å². The minimum Gasteiger partial charge on any atom is -0.491 e. The Labute approximate surface area is 134 Å². The van der Waals surface area contributed by atoms with E-state index in [9.17, 15) is 14.9 Å². The molecule has 0 aliphatic carbocycles. The van der Waals surface area contributed by atoms with Crippen molar-refractivity contribution in [2.75, 3.05) is 11.9 Å². The highest BCUT2D eigenvalue weighted by molar-refractivity contribution is 6.05. The maximum absolute atomic E-state index is 12.3. The van der Waals surface area contributed by atoms with Crippen LogP contribution in [0.2, 0.25) is 0 Å². The number of benzene rings is 2. The van der Waals surface area contributed by atoms with Crippen molar-refractivity contribution in [2.24, 2.45) is 0 Å². The number of anilines is 1. The molecule has 0 spiro atoms. The van der Waals surface area contributed by atoms with E-state index in [-0.39, 0.29) is 11.3 Å². The van der Waals surface area contributed by atoms with Gasteiger partial charge in [-0.05, 0) is 24.6 Å². The van der Waals surface area contributed by atoms with Crippen molar-refractivity contribution >= 4 is 17.3 Å². The number of hydrogen-bond donors (Lipinski definition) is 1. The van der Waals surface area contributed by atoms with E-state index in [1.807, 2.05) is 6.07 Å². The number of hydrogen-bond acceptors (Lipinski definition) is 4. The first-order valence-corrected chi connectivity index (χ1v) is 7.39. The van der Waals surface area contributed by atoms with E-state index in [1.165, 1.54) is 24.3 Å². The van der Waals surface area contributed by atoms with E-state index in [1.54, 1.807) is 18.2 Å². The molecule has 0 aliphatic rings. The molecule has 0 bridgehead atoms. The van der Waals surface area contributed by atoms with Crippen molar-refractivity contribution in [3.05, 3.63) is 64.2 Å². The molecule has 2 aromatic rings. The van der Waals surface area contributed by atoms with Crippen LogP contribution in [0.25, 0.3) is 0 Å². The first kappa shape index (κ1) is 16.5. The summed E-state index contributed by atoms with van der Waals surface area (Å²) in [5.74, 6) is 0.167. The summed E-state index contributed by atoms with van der Waals surface area (Å²) in [5.41, 5.74) is 0.646. The van der Waals surface area contributed by atoms with Crippen LogP contribution >= 0.6 is 0 Å². The molecule has 0 heterocycles. The Morgan fingerprint density at radius 3 is 2.74 bits per heavy atom. The summed E-state index contributed by atoms with van der Waals surface area (Å²) in [6.45, 7) is 2.64. The van der Waals surface area contributed by atoms with Crippen LogP contribution in [0, 0.1) is 10.1 Å². The maximum atomic E-state index is 12.3. The van der Waals surface area contributed by atoms with Gasteiger partial charge in [-0.2, -0.15) is 0 Å². The Bertz CT molecular complexity index is 700. The standard InChI is InChI=1S/C17H18N2O4/c1-2-3-11-23-16-10-5-4-9-15(16)18-17(20)13-7-6-8-14(12-13)19(21)22/h4-10,12H,2-3,11H2,1H3,(H,18,20). The highest BCUT2D eigenvalue weighted by Crippen LogP contribution is 2.25. The molecule has 0 aromatic heterocycles. The number of rotatable bonds is 7. The second kappa shape index (κ2) is 7.93. The van der Waals surface area contributed by atoms with Crippen LogP contribution in [0.5, 0.6) is 5.75 Å². The first-order valence-electron chi connectivity index (χ1n) is 7.39. The van der Waals surface area contributed by atoms with Gasteiger partial charge in [-0.3, -0.25) is 14.9 Å². The van der Waals surface area contributed by atoms with Gasteiger partial charge in [0, 0.05) is 17.7 Å². The van der Waals surface area contributed by atoms with Gasteiger partial charge in [0.25, 0.3) is 11.6 Å². The number of nitrogens with zero attached hydrogens (tertiary/aromatic N) is 1. The molecule has 0 radical (unpaired) electrons. The molecule has 6 heteroatoms. The van der Waals surface area contributed by atoms with Gasteiger partial charge in [-0.1, -0.05) is 31.5 Å². The molecule has 0 saturated carbocycles. The quantitative estimate of drug-likeness (QED) is 0.475. The lowest BCUT2D eigenvalue weighted by Crippen LogP contribution is -2.13. The van der Waals surface area contributed by atoms with Crippen molar-refractivity contribution in [1.29, 1.82) is 0 Å². The fraction of sp³-hybridized carbons (Fsp3) is 0.235. The zero-order valence-corrected chi connectivity index (χ0v) is 12.8. The third-order valence-corrected chi connectivity index (χ3v) is 3.21. The largest absolute Gasteiger partial charge is 0.491 e. The lowest BCUT2D eigenvalue weighted by molar-refractivity contribution is -0.384. The van der Waals surface area contributed by atoms with Gasteiger partial charge in [-0.25, -0.2) is 0 Å². The highest BCUT2D eigenvalue weighted by Gasteiger charge is 2.13. The highest BCUT2D eigenvalue weighted by atomic mass is 16.6. The summed E-state index contributed by atoms with van der Waals surface area (Å²) >= 11 is 0. The zero-order chi connectivity index (χ0) is 16.7. The van der Waals surface area contributed by atoms with Crippen molar-refractivity contribution in [2.45, 2.75) is 19.8 Å². The molecule has 0 saturated heterocycles. The van der Waals surface area contributed by atoms with Crippen molar-refractivity contribution < 1.29 is 14.5 Å². The molecule has 2 rings (SSSR count). The van der Waals surface area contributed by atoms with Gasteiger partial charge >= 0.3 is 0 Å². The SMILES string of the molecule is CCCCOc1ccccc1NC(=O)c1cccc([N+](=O)[O-])c1. The smallest absolute Gasteiger partial charge is 0.270 e. The number of non-ortho nitro benzene ring substituents is 1. The minimum absolute atomic E-state index is 0.120. The molecule has 0 atom stereocenters. The van der Waals surface area contributed by atoms with E-state index in [2.05, 4.69) is 12.2 Å². The third kappa shape index (κ3) is 4.54. The van der Waals surface area contributed by atoms with E-state index < -0.39 is 10.8 Å². The summed E-state index contributed by atoms with van der Waals surface area (Å²) in [6.07, 6.45) is 1.94. The predicted molar refractivity (Wildman–Crippen MR) is 87.9 cm³/mol. The number of nitrogens with one attached hydrogen (secondary N) is 1. The molecular formula is C17H18N2O4. The third-order valence-electron chi connectivity index (χ3n) is 3.21. The Morgan fingerprint density at radius 1 is 1.22 bits per heavy atom. The molecule has 0 aliphatic heterocycles. The van der Waals surface area contributed by atoms with Crippen molar-refractivity contribution in [3.8, 4) is 5.75 Å². The number of carbonyl (C=O) groups is 1.